The summed E-state index contributed by atoms with van der Waals surface area (Å²) >= 11 is 0. The highest BCUT2D eigenvalue weighted by Crippen LogP contribution is 2.36. The number of hydrogen-bond acceptors (Lipinski definition) is 3. The summed E-state index contributed by atoms with van der Waals surface area (Å²) in [5.41, 5.74) is 1.50. The van der Waals surface area contributed by atoms with Crippen molar-refractivity contribution in [3.05, 3.63) is 23.8 Å². The third kappa shape index (κ3) is 5.05. The van der Waals surface area contributed by atoms with Crippen molar-refractivity contribution >= 4 is 5.96 Å². The van der Waals surface area contributed by atoms with Gasteiger partial charge in [0.2, 0.25) is 0 Å². The number of hydrogen-bond donors (Lipinski definition) is 2. The Bertz CT molecular complexity index is 552. The van der Waals surface area contributed by atoms with Crippen molar-refractivity contribution in [3.63, 3.8) is 0 Å². The number of aliphatic imine (C=N–C) groups is 1. The van der Waals surface area contributed by atoms with Gasteiger partial charge in [0.05, 0.1) is 20.8 Å². The first-order chi connectivity index (χ1) is 11.6. The van der Waals surface area contributed by atoms with Crippen LogP contribution in [0.3, 0.4) is 0 Å². The van der Waals surface area contributed by atoms with Gasteiger partial charge in [-0.2, -0.15) is 0 Å². The Hall–Kier alpha value is -1.91. The Morgan fingerprint density at radius 1 is 1.12 bits per heavy atom. The average molecular weight is 333 g/mol. The maximum atomic E-state index is 5.35. The molecule has 1 aliphatic carbocycles. The van der Waals surface area contributed by atoms with Crippen LogP contribution in [0.4, 0.5) is 0 Å². The van der Waals surface area contributed by atoms with Crippen molar-refractivity contribution in [2.24, 2.45) is 10.4 Å². The van der Waals surface area contributed by atoms with Crippen molar-refractivity contribution in [1.29, 1.82) is 0 Å². The lowest BCUT2D eigenvalue weighted by Crippen LogP contribution is -2.42. The van der Waals surface area contributed by atoms with Crippen LogP contribution in [0.2, 0.25) is 0 Å². The smallest absolute Gasteiger partial charge is 0.191 e. The van der Waals surface area contributed by atoms with E-state index < -0.39 is 0 Å². The van der Waals surface area contributed by atoms with Gasteiger partial charge in [-0.15, -0.1) is 0 Å². The molecule has 0 radical (unpaired) electrons. The minimum atomic E-state index is 0.402. The Morgan fingerprint density at radius 2 is 1.83 bits per heavy atom. The predicted octanol–water partition coefficient (Wildman–Crippen LogP) is 3.34. The fourth-order valence-electron chi connectivity index (χ4n) is 3.19. The highest BCUT2D eigenvalue weighted by atomic mass is 16.5. The highest BCUT2D eigenvalue weighted by molar-refractivity contribution is 5.79. The van der Waals surface area contributed by atoms with Gasteiger partial charge < -0.3 is 20.1 Å². The second kappa shape index (κ2) is 8.81. The van der Waals surface area contributed by atoms with E-state index in [1.165, 1.54) is 25.7 Å². The second-order valence-corrected chi connectivity index (χ2v) is 6.76. The van der Waals surface area contributed by atoms with Crippen molar-refractivity contribution in [3.8, 4) is 11.5 Å². The summed E-state index contributed by atoms with van der Waals surface area (Å²) in [6, 6.07) is 5.92. The summed E-state index contributed by atoms with van der Waals surface area (Å²) in [5.74, 6) is 2.35. The molecule has 1 fully saturated rings. The number of guanidine groups is 1. The quantitative estimate of drug-likeness (QED) is 0.593. The molecule has 24 heavy (non-hydrogen) atoms. The number of nitrogens with one attached hydrogen (secondary N) is 2. The summed E-state index contributed by atoms with van der Waals surface area (Å²) < 4.78 is 10.6. The van der Waals surface area contributed by atoms with E-state index in [0.29, 0.717) is 12.0 Å². The minimum Gasteiger partial charge on any atom is -0.493 e. The number of methoxy groups -OCH3 is 2. The van der Waals surface area contributed by atoms with Gasteiger partial charge in [-0.25, -0.2) is 4.99 Å². The van der Waals surface area contributed by atoms with Crippen LogP contribution in [0.1, 0.15) is 45.1 Å². The molecule has 1 aliphatic rings. The molecule has 2 rings (SSSR count). The lowest BCUT2D eigenvalue weighted by molar-refractivity contribution is 0.334. The number of nitrogens with zero attached hydrogens (tertiary/aromatic N) is 1. The molecule has 0 unspecified atom stereocenters. The summed E-state index contributed by atoms with van der Waals surface area (Å²) in [7, 11) is 3.30. The van der Waals surface area contributed by atoms with Crippen molar-refractivity contribution < 1.29 is 9.47 Å². The minimum absolute atomic E-state index is 0.402. The van der Waals surface area contributed by atoms with Crippen LogP contribution in [0.5, 0.6) is 11.5 Å². The van der Waals surface area contributed by atoms with Crippen LogP contribution in [-0.2, 0) is 6.54 Å². The van der Waals surface area contributed by atoms with Gasteiger partial charge in [0, 0.05) is 13.1 Å². The van der Waals surface area contributed by atoms with Crippen molar-refractivity contribution in [1.82, 2.24) is 10.6 Å². The zero-order valence-corrected chi connectivity index (χ0v) is 15.4. The molecule has 1 aromatic rings. The molecule has 0 spiro atoms. The van der Waals surface area contributed by atoms with Crippen molar-refractivity contribution in [2.45, 2.75) is 46.1 Å². The molecule has 0 saturated heterocycles. The Morgan fingerprint density at radius 3 is 2.46 bits per heavy atom. The van der Waals surface area contributed by atoms with E-state index in [-0.39, 0.29) is 0 Å². The van der Waals surface area contributed by atoms with Gasteiger partial charge in [0.25, 0.3) is 0 Å². The number of ether oxygens (including phenoxy) is 2. The Balaban J connectivity index is 1.99. The first-order valence-corrected chi connectivity index (χ1v) is 8.83. The monoisotopic (exact) mass is 333 g/mol. The van der Waals surface area contributed by atoms with E-state index in [2.05, 4.69) is 24.5 Å². The van der Waals surface area contributed by atoms with E-state index >= 15 is 0 Å². The van der Waals surface area contributed by atoms with Gasteiger partial charge in [0.1, 0.15) is 0 Å². The Kier molecular flexibility index (Phi) is 6.76. The van der Waals surface area contributed by atoms with Crippen LogP contribution in [-0.4, -0.2) is 33.3 Å². The second-order valence-electron chi connectivity index (χ2n) is 6.76. The topological polar surface area (TPSA) is 54.9 Å². The molecule has 0 amide bonds. The fraction of sp³-hybridized carbons (Fsp3) is 0.632. The molecular weight excluding hydrogens is 302 g/mol. The van der Waals surface area contributed by atoms with Gasteiger partial charge >= 0.3 is 0 Å². The third-order valence-corrected chi connectivity index (χ3v) is 4.71. The zero-order valence-electron chi connectivity index (χ0n) is 15.4. The summed E-state index contributed by atoms with van der Waals surface area (Å²) in [6.45, 7) is 6.89. The molecule has 134 valence electrons. The molecule has 1 saturated carbocycles. The average Bonchev–Trinajstić information content (AvgIpc) is 3.04. The Labute approximate surface area is 145 Å². The van der Waals surface area contributed by atoms with Crippen LogP contribution >= 0.6 is 0 Å². The molecule has 0 aromatic heterocycles. The maximum Gasteiger partial charge on any atom is 0.191 e. The molecule has 5 nitrogen and oxygen atoms in total. The zero-order chi connectivity index (χ0) is 17.4. The summed E-state index contributed by atoms with van der Waals surface area (Å²) in [5, 5.41) is 6.84. The van der Waals surface area contributed by atoms with Gasteiger partial charge in [-0.05, 0) is 42.9 Å². The van der Waals surface area contributed by atoms with Gasteiger partial charge in [-0.1, -0.05) is 25.8 Å². The van der Waals surface area contributed by atoms with E-state index in [4.69, 9.17) is 14.5 Å². The van der Waals surface area contributed by atoms with Crippen molar-refractivity contribution in [2.75, 3.05) is 27.3 Å². The standard InChI is InChI=1S/C19H31N3O2/c1-5-20-18(22-14-19(2)10-6-7-11-19)21-13-15-8-9-16(23-3)17(12-15)24-4/h8-9,12H,5-7,10-11,13-14H2,1-4H3,(H2,20,21,22). The largest absolute Gasteiger partial charge is 0.493 e. The molecule has 0 aliphatic heterocycles. The normalized spacial score (nSPS) is 16.8. The third-order valence-electron chi connectivity index (χ3n) is 4.71. The molecule has 5 heteroatoms. The molecule has 0 atom stereocenters. The first-order valence-electron chi connectivity index (χ1n) is 8.83. The molecule has 0 heterocycles. The van der Waals surface area contributed by atoms with E-state index in [0.717, 1.165) is 36.1 Å². The van der Waals surface area contributed by atoms with Gasteiger partial charge in [-0.3, -0.25) is 0 Å². The fourth-order valence-corrected chi connectivity index (χ4v) is 3.19. The SMILES string of the molecule is CCNC(=NCc1ccc(OC)c(OC)c1)NCC1(C)CCCC1. The summed E-state index contributed by atoms with van der Waals surface area (Å²) in [6.07, 6.45) is 5.29. The van der Waals surface area contributed by atoms with Crippen LogP contribution in [0.25, 0.3) is 0 Å². The van der Waals surface area contributed by atoms with Crippen LogP contribution < -0.4 is 20.1 Å². The predicted molar refractivity (Wildman–Crippen MR) is 98.9 cm³/mol. The first kappa shape index (κ1) is 18.4. The molecule has 1 aromatic carbocycles. The van der Waals surface area contributed by atoms with E-state index in [9.17, 15) is 0 Å². The lowest BCUT2D eigenvalue weighted by Gasteiger charge is -2.25. The molecule has 2 N–H and O–H groups in total. The van der Waals surface area contributed by atoms with E-state index in [1.54, 1.807) is 14.2 Å². The maximum absolute atomic E-state index is 5.35. The lowest BCUT2D eigenvalue weighted by atomic mass is 9.89. The van der Waals surface area contributed by atoms with E-state index in [1.807, 2.05) is 18.2 Å². The summed E-state index contributed by atoms with van der Waals surface area (Å²) in [4.78, 5) is 4.70. The van der Waals surface area contributed by atoms with Gasteiger partial charge in [0.15, 0.2) is 17.5 Å². The molecular formula is C19H31N3O2. The van der Waals surface area contributed by atoms with Crippen LogP contribution in [0.15, 0.2) is 23.2 Å². The number of rotatable bonds is 7. The number of benzene rings is 1. The molecule has 0 bridgehead atoms. The highest BCUT2D eigenvalue weighted by Gasteiger charge is 2.28. The van der Waals surface area contributed by atoms with Crippen LogP contribution in [0, 0.1) is 5.41 Å².